The van der Waals surface area contributed by atoms with Crippen molar-refractivity contribution in [3.05, 3.63) is 52.1 Å². The van der Waals surface area contributed by atoms with Crippen LogP contribution in [-0.2, 0) is 0 Å². The zero-order valence-electron chi connectivity index (χ0n) is 9.55. The van der Waals surface area contributed by atoms with Crippen molar-refractivity contribution < 1.29 is 5.21 Å². The molecule has 0 radical (unpaired) electrons. The van der Waals surface area contributed by atoms with Gasteiger partial charge in [0, 0.05) is 11.1 Å². The molecule has 19 heavy (non-hydrogen) atoms. The number of hydrogen-bond donors (Lipinski definition) is 2. The number of rotatable bonds is 3. The highest BCUT2D eigenvalue weighted by molar-refractivity contribution is 7.99. The number of pyridine rings is 1. The van der Waals surface area contributed by atoms with Crippen LogP contribution >= 0.6 is 35.0 Å². The SMILES string of the molecule is NC(=NO)c1cccnc1Sc1ccc(Cl)c(Cl)c1. The quantitative estimate of drug-likeness (QED) is 0.393. The lowest BCUT2D eigenvalue weighted by molar-refractivity contribution is 0.318. The second-order valence-corrected chi connectivity index (χ2v) is 5.40. The molecule has 2 rings (SSSR count). The number of oxime groups is 1. The average molecular weight is 314 g/mol. The summed E-state index contributed by atoms with van der Waals surface area (Å²) in [7, 11) is 0. The van der Waals surface area contributed by atoms with E-state index in [0.717, 1.165) is 4.90 Å². The normalized spacial score (nSPS) is 11.6. The van der Waals surface area contributed by atoms with Gasteiger partial charge in [-0.2, -0.15) is 0 Å². The Morgan fingerprint density at radius 2 is 2.05 bits per heavy atom. The third-order valence-electron chi connectivity index (χ3n) is 2.26. The Kier molecular flexibility index (Phi) is 4.52. The molecule has 1 aromatic heterocycles. The maximum atomic E-state index is 8.75. The summed E-state index contributed by atoms with van der Waals surface area (Å²) < 4.78 is 0. The standard InChI is InChI=1S/C12H9Cl2N3OS/c13-9-4-3-7(6-10(9)14)19-12-8(11(15)17-18)2-1-5-16-12/h1-6,18H,(H2,15,17). The smallest absolute Gasteiger partial charge is 0.172 e. The maximum absolute atomic E-state index is 8.75. The monoisotopic (exact) mass is 313 g/mol. The predicted molar refractivity (Wildman–Crippen MR) is 77.3 cm³/mol. The summed E-state index contributed by atoms with van der Waals surface area (Å²) in [6.45, 7) is 0. The van der Waals surface area contributed by atoms with Gasteiger partial charge in [0.25, 0.3) is 0 Å². The van der Waals surface area contributed by atoms with E-state index in [0.29, 0.717) is 20.6 Å². The maximum Gasteiger partial charge on any atom is 0.172 e. The van der Waals surface area contributed by atoms with Crippen LogP contribution in [0.3, 0.4) is 0 Å². The number of nitrogens with two attached hydrogens (primary N) is 1. The lowest BCUT2D eigenvalue weighted by Crippen LogP contribution is -2.14. The van der Waals surface area contributed by atoms with Gasteiger partial charge in [-0.15, -0.1) is 0 Å². The Hall–Kier alpha value is -1.43. The summed E-state index contributed by atoms with van der Waals surface area (Å²) in [5.74, 6) is 0.00987. The predicted octanol–water partition coefficient (Wildman–Crippen LogP) is 3.63. The van der Waals surface area contributed by atoms with Gasteiger partial charge in [-0.3, -0.25) is 0 Å². The first-order chi connectivity index (χ1) is 9.11. The molecule has 2 aromatic rings. The molecule has 0 aliphatic heterocycles. The molecule has 0 atom stereocenters. The van der Waals surface area contributed by atoms with Gasteiger partial charge in [0.05, 0.1) is 15.6 Å². The van der Waals surface area contributed by atoms with Gasteiger partial charge < -0.3 is 10.9 Å². The summed E-state index contributed by atoms with van der Waals surface area (Å²) in [6.07, 6.45) is 1.63. The number of benzene rings is 1. The van der Waals surface area contributed by atoms with Crippen molar-refractivity contribution in [1.29, 1.82) is 0 Å². The molecular weight excluding hydrogens is 305 g/mol. The highest BCUT2D eigenvalue weighted by Gasteiger charge is 2.10. The van der Waals surface area contributed by atoms with Gasteiger partial charge in [-0.25, -0.2) is 4.98 Å². The fraction of sp³-hybridized carbons (Fsp3) is 0. The molecule has 1 aromatic carbocycles. The molecule has 4 nitrogen and oxygen atoms in total. The van der Waals surface area contributed by atoms with Crippen molar-refractivity contribution in [2.75, 3.05) is 0 Å². The molecule has 0 saturated heterocycles. The number of amidine groups is 1. The summed E-state index contributed by atoms with van der Waals surface area (Å²) in [5.41, 5.74) is 6.16. The van der Waals surface area contributed by atoms with E-state index in [1.807, 2.05) is 6.07 Å². The van der Waals surface area contributed by atoms with E-state index in [-0.39, 0.29) is 5.84 Å². The van der Waals surface area contributed by atoms with Crippen molar-refractivity contribution in [3.63, 3.8) is 0 Å². The molecule has 0 unspecified atom stereocenters. The lowest BCUT2D eigenvalue weighted by atomic mass is 10.3. The first-order valence-corrected chi connectivity index (χ1v) is 6.75. The molecule has 7 heteroatoms. The Balaban J connectivity index is 2.35. The van der Waals surface area contributed by atoms with Crippen molar-refractivity contribution in [2.24, 2.45) is 10.9 Å². The first-order valence-electron chi connectivity index (χ1n) is 5.17. The Morgan fingerprint density at radius 3 is 2.74 bits per heavy atom. The van der Waals surface area contributed by atoms with Crippen LogP contribution in [0, 0.1) is 0 Å². The van der Waals surface area contributed by atoms with Crippen LogP contribution in [0.1, 0.15) is 5.56 Å². The molecule has 3 N–H and O–H groups in total. The van der Waals surface area contributed by atoms with Crippen LogP contribution in [0.15, 0.2) is 51.6 Å². The molecule has 0 aliphatic carbocycles. The van der Waals surface area contributed by atoms with Crippen LogP contribution in [0.2, 0.25) is 10.0 Å². The molecule has 98 valence electrons. The number of aromatic nitrogens is 1. The number of hydrogen-bond acceptors (Lipinski definition) is 4. The van der Waals surface area contributed by atoms with Crippen LogP contribution in [0.4, 0.5) is 0 Å². The van der Waals surface area contributed by atoms with E-state index in [1.165, 1.54) is 11.8 Å². The average Bonchev–Trinajstić information content (AvgIpc) is 2.43. The third kappa shape index (κ3) is 3.32. The van der Waals surface area contributed by atoms with Crippen molar-refractivity contribution >= 4 is 40.8 Å². The van der Waals surface area contributed by atoms with Gasteiger partial charge in [0.1, 0.15) is 5.03 Å². The van der Waals surface area contributed by atoms with E-state index in [4.69, 9.17) is 34.1 Å². The van der Waals surface area contributed by atoms with Crippen molar-refractivity contribution in [2.45, 2.75) is 9.92 Å². The fourth-order valence-corrected chi connectivity index (χ4v) is 2.67. The highest BCUT2D eigenvalue weighted by atomic mass is 35.5. The zero-order chi connectivity index (χ0) is 13.8. The molecule has 0 bridgehead atoms. The number of halogens is 2. The number of nitrogens with zero attached hydrogens (tertiary/aromatic N) is 2. The summed E-state index contributed by atoms with van der Waals surface area (Å²) in [4.78, 5) is 5.07. The van der Waals surface area contributed by atoms with Crippen LogP contribution in [0.25, 0.3) is 0 Å². The van der Waals surface area contributed by atoms with Crippen molar-refractivity contribution in [3.8, 4) is 0 Å². The van der Waals surface area contributed by atoms with E-state index >= 15 is 0 Å². The highest BCUT2D eigenvalue weighted by Crippen LogP contribution is 2.32. The van der Waals surface area contributed by atoms with Crippen LogP contribution in [0.5, 0.6) is 0 Å². The first kappa shape index (κ1) is 14.0. The minimum absolute atomic E-state index is 0.00987. The Bertz CT molecular complexity index is 634. The summed E-state index contributed by atoms with van der Waals surface area (Å²) >= 11 is 13.2. The summed E-state index contributed by atoms with van der Waals surface area (Å²) in [5, 5.41) is 13.3. The Morgan fingerprint density at radius 1 is 1.26 bits per heavy atom. The van der Waals surface area contributed by atoms with Crippen molar-refractivity contribution in [1.82, 2.24) is 4.98 Å². The van der Waals surface area contributed by atoms with Crippen LogP contribution < -0.4 is 5.73 Å². The molecule has 0 fully saturated rings. The van der Waals surface area contributed by atoms with Gasteiger partial charge in [0.15, 0.2) is 5.84 Å². The van der Waals surface area contributed by atoms with Gasteiger partial charge in [-0.1, -0.05) is 40.1 Å². The minimum Gasteiger partial charge on any atom is -0.409 e. The zero-order valence-corrected chi connectivity index (χ0v) is 11.9. The minimum atomic E-state index is 0.00987. The molecule has 0 amide bonds. The van der Waals surface area contributed by atoms with Gasteiger partial charge in [0.2, 0.25) is 0 Å². The molecule has 0 aliphatic rings. The third-order valence-corrected chi connectivity index (χ3v) is 4.01. The van der Waals surface area contributed by atoms with E-state index in [2.05, 4.69) is 10.1 Å². The largest absolute Gasteiger partial charge is 0.409 e. The van der Waals surface area contributed by atoms with E-state index in [9.17, 15) is 0 Å². The van der Waals surface area contributed by atoms with Gasteiger partial charge >= 0.3 is 0 Å². The lowest BCUT2D eigenvalue weighted by Gasteiger charge is -2.07. The van der Waals surface area contributed by atoms with Gasteiger partial charge in [-0.05, 0) is 30.3 Å². The van der Waals surface area contributed by atoms with E-state index < -0.39 is 0 Å². The molecule has 0 spiro atoms. The Labute approximate surface area is 124 Å². The fourth-order valence-electron chi connectivity index (χ4n) is 1.37. The topological polar surface area (TPSA) is 71.5 Å². The molecular formula is C12H9Cl2N3OS. The second kappa shape index (κ2) is 6.14. The molecule has 0 saturated carbocycles. The van der Waals surface area contributed by atoms with Crippen LogP contribution in [-0.4, -0.2) is 16.0 Å². The summed E-state index contributed by atoms with van der Waals surface area (Å²) in [6, 6.07) is 8.70. The van der Waals surface area contributed by atoms with E-state index in [1.54, 1.807) is 30.5 Å². The second-order valence-electron chi connectivity index (χ2n) is 3.52. The molecule has 1 heterocycles.